The summed E-state index contributed by atoms with van der Waals surface area (Å²) in [6.07, 6.45) is 0. The third-order valence-corrected chi connectivity index (χ3v) is 4.57. The Morgan fingerprint density at radius 3 is 2.56 bits per heavy atom. The summed E-state index contributed by atoms with van der Waals surface area (Å²) < 4.78 is 10.1. The molecule has 10 heteroatoms. The molecule has 0 aliphatic heterocycles. The number of hydrogen-bond acceptors (Lipinski definition) is 8. The van der Waals surface area contributed by atoms with Gasteiger partial charge in [0.25, 0.3) is 0 Å². The van der Waals surface area contributed by atoms with Crippen molar-refractivity contribution in [2.24, 2.45) is 0 Å². The van der Waals surface area contributed by atoms with Gasteiger partial charge in [-0.3, -0.25) is 14.9 Å². The van der Waals surface area contributed by atoms with Gasteiger partial charge < -0.3 is 14.8 Å². The van der Waals surface area contributed by atoms with E-state index in [9.17, 15) is 9.59 Å². The van der Waals surface area contributed by atoms with Crippen molar-refractivity contribution in [2.75, 3.05) is 36.4 Å². The number of methoxy groups -OCH3 is 2. The molecule has 2 rings (SSSR count). The predicted octanol–water partition coefficient (Wildman–Crippen LogP) is 2.00. The number of para-hydroxylation sites is 2. The van der Waals surface area contributed by atoms with E-state index in [1.807, 2.05) is 6.07 Å². The Bertz CT molecular complexity index is 723. The smallest absolute Gasteiger partial charge is 0.236 e. The summed E-state index contributed by atoms with van der Waals surface area (Å²) in [6, 6.07) is 7.13. The minimum absolute atomic E-state index is 0.137. The molecule has 0 aliphatic rings. The van der Waals surface area contributed by atoms with E-state index in [0.29, 0.717) is 28.2 Å². The van der Waals surface area contributed by atoms with E-state index in [0.717, 1.165) is 0 Å². The highest BCUT2D eigenvalue weighted by atomic mass is 32.2. The van der Waals surface area contributed by atoms with Crippen LogP contribution < -0.4 is 15.4 Å². The van der Waals surface area contributed by atoms with E-state index < -0.39 is 0 Å². The highest BCUT2D eigenvalue weighted by molar-refractivity contribution is 8.00. The van der Waals surface area contributed by atoms with Crippen LogP contribution in [-0.4, -0.2) is 47.7 Å². The maximum absolute atomic E-state index is 11.9. The highest BCUT2D eigenvalue weighted by Crippen LogP contribution is 2.23. The molecule has 0 saturated carbocycles. The average Bonchev–Trinajstić information content (AvgIpc) is 3.02. The number of anilines is 2. The summed E-state index contributed by atoms with van der Waals surface area (Å²) in [5, 5.41) is 14.2. The number of benzene rings is 1. The molecule has 25 heavy (non-hydrogen) atoms. The lowest BCUT2D eigenvalue weighted by atomic mass is 10.3. The molecule has 0 unspecified atom stereocenters. The van der Waals surface area contributed by atoms with Crippen LogP contribution in [0.2, 0.25) is 0 Å². The monoisotopic (exact) mass is 382 g/mol. The first-order valence-corrected chi connectivity index (χ1v) is 9.21. The average molecular weight is 382 g/mol. The van der Waals surface area contributed by atoms with Crippen LogP contribution in [0.15, 0.2) is 24.3 Å². The van der Waals surface area contributed by atoms with Gasteiger partial charge in [-0.25, -0.2) is 0 Å². The number of rotatable bonds is 9. The van der Waals surface area contributed by atoms with Crippen LogP contribution in [-0.2, 0) is 20.9 Å². The number of carbonyl (C=O) groups excluding carboxylic acids is 2. The molecule has 2 N–H and O–H groups in total. The van der Waals surface area contributed by atoms with Crippen LogP contribution in [0.25, 0.3) is 0 Å². The fraction of sp³-hybridized carbons (Fsp3) is 0.333. The second-order valence-electron chi connectivity index (χ2n) is 4.72. The predicted molar refractivity (Wildman–Crippen MR) is 98.2 cm³/mol. The lowest BCUT2D eigenvalue weighted by Crippen LogP contribution is -2.18. The van der Waals surface area contributed by atoms with Crippen LogP contribution in [0.1, 0.15) is 5.01 Å². The molecule has 0 fully saturated rings. The van der Waals surface area contributed by atoms with Crippen molar-refractivity contribution in [3.63, 3.8) is 0 Å². The zero-order chi connectivity index (χ0) is 18.1. The largest absolute Gasteiger partial charge is 0.495 e. The second-order valence-corrected chi connectivity index (χ2v) is 6.77. The number of nitrogens with zero attached hydrogens (tertiary/aromatic N) is 2. The molecule has 0 spiro atoms. The van der Waals surface area contributed by atoms with Crippen molar-refractivity contribution in [1.82, 2.24) is 10.2 Å². The van der Waals surface area contributed by atoms with Gasteiger partial charge in [-0.1, -0.05) is 23.5 Å². The molecule has 1 aromatic heterocycles. The summed E-state index contributed by atoms with van der Waals surface area (Å²) in [4.78, 5) is 23.8. The van der Waals surface area contributed by atoms with Crippen LogP contribution >= 0.6 is 23.1 Å². The fourth-order valence-corrected chi connectivity index (χ4v) is 3.16. The molecule has 1 aromatic carbocycles. The number of ether oxygens (including phenoxy) is 2. The summed E-state index contributed by atoms with van der Waals surface area (Å²) in [7, 11) is 3.10. The molecule has 2 aromatic rings. The first-order chi connectivity index (χ1) is 12.1. The Labute approximate surface area is 153 Å². The van der Waals surface area contributed by atoms with Crippen molar-refractivity contribution in [2.45, 2.75) is 6.61 Å². The zero-order valence-electron chi connectivity index (χ0n) is 13.8. The molecule has 0 radical (unpaired) electrons. The Balaban J connectivity index is 1.72. The lowest BCUT2D eigenvalue weighted by Gasteiger charge is -2.09. The SMILES string of the molecule is COCc1nnc(NC(=O)CSCC(=O)Nc2ccccc2OC)s1. The number of carbonyl (C=O) groups is 2. The summed E-state index contributed by atoms with van der Waals surface area (Å²) >= 11 is 2.46. The maximum Gasteiger partial charge on any atom is 0.236 e. The minimum Gasteiger partial charge on any atom is -0.495 e. The van der Waals surface area contributed by atoms with Gasteiger partial charge >= 0.3 is 0 Å². The van der Waals surface area contributed by atoms with E-state index in [1.165, 1.54) is 30.2 Å². The zero-order valence-corrected chi connectivity index (χ0v) is 15.4. The van der Waals surface area contributed by atoms with Gasteiger partial charge in [0.2, 0.25) is 16.9 Å². The summed E-state index contributed by atoms with van der Waals surface area (Å²) in [5.41, 5.74) is 0.597. The molecule has 0 atom stereocenters. The molecule has 0 saturated heterocycles. The molecular formula is C15H18N4O4S2. The van der Waals surface area contributed by atoms with Gasteiger partial charge in [0.15, 0.2) is 0 Å². The quantitative estimate of drug-likeness (QED) is 0.684. The maximum atomic E-state index is 11.9. The third-order valence-electron chi connectivity index (χ3n) is 2.83. The lowest BCUT2D eigenvalue weighted by molar-refractivity contribution is -0.114. The minimum atomic E-state index is -0.241. The first kappa shape index (κ1) is 19.2. The standard InChI is InChI=1S/C15H18N4O4S2/c1-22-7-14-18-19-15(25-14)17-13(21)9-24-8-12(20)16-10-5-3-4-6-11(10)23-2/h3-6H,7-9H2,1-2H3,(H,16,20)(H,17,19,21). The molecule has 0 bridgehead atoms. The Morgan fingerprint density at radius 2 is 1.84 bits per heavy atom. The van der Waals surface area contributed by atoms with E-state index in [-0.39, 0.29) is 23.3 Å². The van der Waals surface area contributed by atoms with Crippen molar-refractivity contribution < 1.29 is 19.1 Å². The molecule has 0 aliphatic carbocycles. The van der Waals surface area contributed by atoms with Gasteiger partial charge in [0.05, 0.1) is 24.3 Å². The van der Waals surface area contributed by atoms with Crippen LogP contribution in [0, 0.1) is 0 Å². The number of aromatic nitrogens is 2. The van der Waals surface area contributed by atoms with Gasteiger partial charge in [0.1, 0.15) is 17.4 Å². The number of nitrogens with one attached hydrogen (secondary N) is 2. The van der Waals surface area contributed by atoms with E-state index in [4.69, 9.17) is 9.47 Å². The van der Waals surface area contributed by atoms with Crippen molar-refractivity contribution >= 4 is 45.7 Å². The molecule has 1 heterocycles. The Kier molecular flexibility index (Phi) is 7.64. The van der Waals surface area contributed by atoms with Crippen molar-refractivity contribution in [3.8, 4) is 5.75 Å². The number of hydrogen-bond donors (Lipinski definition) is 2. The van der Waals surface area contributed by atoms with Crippen LogP contribution in [0.3, 0.4) is 0 Å². The van der Waals surface area contributed by atoms with Crippen molar-refractivity contribution in [3.05, 3.63) is 29.3 Å². The van der Waals surface area contributed by atoms with Gasteiger partial charge in [-0.15, -0.1) is 22.0 Å². The van der Waals surface area contributed by atoms with Gasteiger partial charge in [0, 0.05) is 7.11 Å². The third kappa shape index (κ3) is 6.33. The molecular weight excluding hydrogens is 364 g/mol. The van der Waals surface area contributed by atoms with E-state index in [2.05, 4.69) is 20.8 Å². The Morgan fingerprint density at radius 1 is 1.12 bits per heavy atom. The second kappa shape index (κ2) is 9.97. The molecule has 134 valence electrons. The van der Waals surface area contributed by atoms with Gasteiger partial charge in [-0.2, -0.15) is 0 Å². The topological polar surface area (TPSA) is 102 Å². The normalized spacial score (nSPS) is 10.3. The molecule has 8 nitrogen and oxygen atoms in total. The fourth-order valence-electron chi connectivity index (χ4n) is 1.81. The summed E-state index contributed by atoms with van der Waals surface area (Å²) in [5.74, 6) is 0.423. The molecule has 2 amide bonds. The van der Waals surface area contributed by atoms with Crippen LogP contribution in [0.4, 0.5) is 10.8 Å². The van der Waals surface area contributed by atoms with E-state index in [1.54, 1.807) is 25.3 Å². The van der Waals surface area contributed by atoms with Gasteiger partial charge in [-0.05, 0) is 12.1 Å². The first-order valence-electron chi connectivity index (χ1n) is 7.24. The number of amides is 2. The van der Waals surface area contributed by atoms with E-state index >= 15 is 0 Å². The highest BCUT2D eigenvalue weighted by Gasteiger charge is 2.11. The number of thioether (sulfide) groups is 1. The Hall–Kier alpha value is -2.17. The van der Waals surface area contributed by atoms with Crippen LogP contribution in [0.5, 0.6) is 5.75 Å². The van der Waals surface area contributed by atoms with Crippen molar-refractivity contribution in [1.29, 1.82) is 0 Å². The summed E-state index contributed by atoms with van der Waals surface area (Å²) in [6.45, 7) is 0.353.